The van der Waals surface area contributed by atoms with Crippen LogP contribution in [0.25, 0.3) is 0 Å². The van der Waals surface area contributed by atoms with Gasteiger partial charge in [0.25, 0.3) is 0 Å². The third-order valence-corrected chi connectivity index (χ3v) is 1.95. The molecule has 1 nitrogen and oxygen atoms in total. The monoisotopic (exact) mass is 194 g/mol. The van der Waals surface area contributed by atoms with Gasteiger partial charge in [0.1, 0.15) is 5.75 Å². The third kappa shape index (κ3) is 4.31. The molecule has 0 amide bonds. The van der Waals surface area contributed by atoms with Crippen LogP contribution < -0.4 is 0 Å². The van der Waals surface area contributed by atoms with Crippen molar-refractivity contribution in [2.45, 2.75) is 47.0 Å². The van der Waals surface area contributed by atoms with Crippen molar-refractivity contribution in [1.82, 2.24) is 0 Å². The Balaban J connectivity index is 0.000000500. The number of phenolic OH excluding ortho intramolecular Hbond substituents is 1. The maximum absolute atomic E-state index is 9.16. The fourth-order valence-electron chi connectivity index (χ4n) is 1.29. The minimum absolute atomic E-state index is 0.374. The molecule has 0 saturated heterocycles. The fraction of sp³-hybridized carbons (Fsp3) is 0.538. The lowest BCUT2D eigenvalue weighted by Crippen LogP contribution is -1.89. The van der Waals surface area contributed by atoms with Crippen molar-refractivity contribution in [3.8, 4) is 5.75 Å². The predicted molar refractivity (Wildman–Crippen MR) is 62.8 cm³/mol. The SMILES string of the molecule is CCC.CCc1ccc(O)cc1CC. The largest absolute Gasteiger partial charge is 0.508 e. The Morgan fingerprint density at radius 3 is 1.86 bits per heavy atom. The van der Waals surface area contributed by atoms with Crippen molar-refractivity contribution >= 4 is 0 Å². The van der Waals surface area contributed by atoms with Gasteiger partial charge in [-0.15, -0.1) is 0 Å². The Labute approximate surface area is 87.8 Å². The summed E-state index contributed by atoms with van der Waals surface area (Å²) in [6.07, 6.45) is 3.29. The number of hydrogen-bond acceptors (Lipinski definition) is 1. The molecular weight excluding hydrogens is 172 g/mol. The third-order valence-electron chi connectivity index (χ3n) is 1.95. The van der Waals surface area contributed by atoms with E-state index in [1.807, 2.05) is 12.1 Å². The summed E-state index contributed by atoms with van der Waals surface area (Å²) in [5, 5.41) is 9.16. The van der Waals surface area contributed by atoms with Gasteiger partial charge in [0, 0.05) is 0 Å². The molecule has 0 bridgehead atoms. The van der Waals surface area contributed by atoms with Crippen molar-refractivity contribution < 1.29 is 5.11 Å². The number of rotatable bonds is 2. The van der Waals surface area contributed by atoms with Crippen LogP contribution in [-0.4, -0.2) is 5.11 Å². The van der Waals surface area contributed by atoms with Crippen LogP contribution in [0.15, 0.2) is 18.2 Å². The minimum Gasteiger partial charge on any atom is -0.508 e. The van der Waals surface area contributed by atoms with Gasteiger partial charge in [-0.3, -0.25) is 0 Å². The first-order valence-electron chi connectivity index (χ1n) is 5.50. The number of aromatic hydroxyl groups is 1. The highest BCUT2D eigenvalue weighted by molar-refractivity contribution is 5.34. The van der Waals surface area contributed by atoms with Crippen molar-refractivity contribution in [1.29, 1.82) is 0 Å². The lowest BCUT2D eigenvalue weighted by atomic mass is 10.0. The lowest BCUT2D eigenvalue weighted by Gasteiger charge is -2.04. The van der Waals surface area contributed by atoms with Crippen molar-refractivity contribution in [3.05, 3.63) is 29.3 Å². The molecule has 1 aromatic carbocycles. The zero-order valence-electron chi connectivity index (χ0n) is 9.80. The maximum atomic E-state index is 9.16. The van der Waals surface area contributed by atoms with Gasteiger partial charge in [-0.05, 0) is 36.1 Å². The van der Waals surface area contributed by atoms with Crippen molar-refractivity contribution in [3.63, 3.8) is 0 Å². The van der Waals surface area contributed by atoms with E-state index in [2.05, 4.69) is 27.7 Å². The predicted octanol–water partition coefficient (Wildman–Crippen LogP) is 3.93. The van der Waals surface area contributed by atoms with Gasteiger partial charge in [0.15, 0.2) is 0 Å². The van der Waals surface area contributed by atoms with Crippen molar-refractivity contribution in [2.24, 2.45) is 0 Å². The molecule has 80 valence electrons. The van der Waals surface area contributed by atoms with E-state index in [9.17, 15) is 0 Å². The van der Waals surface area contributed by atoms with E-state index < -0.39 is 0 Å². The van der Waals surface area contributed by atoms with Crippen LogP contribution in [0.5, 0.6) is 5.75 Å². The number of phenols is 1. The number of hydrogen-bond donors (Lipinski definition) is 1. The van der Waals surface area contributed by atoms with Gasteiger partial charge >= 0.3 is 0 Å². The van der Waals surface area contributed by atoms with Crippen LogP contribution >= 0.6 is 0 Å². The summed E-state index contributed by atoms with van der Waals surface area (Å²) in [7, 11) is 0. The summed E-state index contributed by atoms with van der Waals surface area (Å²) in [5.41, 5.74) is 2.60. The smallest absolute Gasteiger partial charge is 0.115 e. The number of aryl methyl sites for hydroxylation is 2. The van der Waals surface area contributed by atoms with E-state index in [0.29, 0.717) is 5.75 Å². The summed E-state index contributed by atoms with van der Waals surface area (Å²) in [4.78, 5) is 0. The molecule has 0 aliphatic carbocycles. The Hall–Kier alpha value is -0.980. The van der Waals surface area contributed by atoms with Crippen LogP contribution in [0, 0.1) is 0 Å². The summed E-state index contributed by atoms with van der Waals surface area (Å²) in [6.45, 7) is 8.49. The van der Waals surface area contributed by atoms with Crippen LogP contribution in [0.3, 0.4) is 0 Å². The Kier molecular flexibility index (Phi) is 6.91. The molecule has 14 heavy (non-hydrogen) atoms. The first-order valence-corrected chi connectivity index (χ1v) is 5.50. The molecule has 0 aliphatic heterocycles. The number of benzene rings is 1. The standard InChI is InChI=1S/C10H14O.C3H8/c1-3-8-5-6-10(11)7-9(8)4-2;1-3-2/h5-7,11H,3-4H2,1-2H3;3H2,1-2H3. The molecule has 1 aromatic rings. The second kappa shape index (κ2) is 7.43. The fourth-order valence-corrected chi connectivity index (χ4v) is 1.29. The quantitative estimate of drug-likeness (QED) is 0.756. The molecular formula is C13H22O. The van der Waals surface area contributed by atoms with Gasteiger partial charge in [-0.25, -0.2) is 0 Å². The molecule has 0 unspecified atom stereocenters. The highest BCUT2D eigenvalue weighted by Gasteiger charge is 1.98. The molecule has 0 fully saturated rings. The van der Waals surface area contributed by atoms with Crippen molar-refractivity contribution in [2.75, 3.05) is 0 Å². The van der Waals surface area contributed by atoms with E-state index in [1.54, 1.807) is 6.07 Å². The summed E-state index contributed by atoms with van der Waals surface area (Å²) in [5.74, 6) is 0.374. The molecule has 0 aromatic heterocycles. The van der Waals surface area contributed by atoms with Gasteiger partial charge < -0.3 is 5.11 Å². The molecule has 0 aliphatic rings. The topological polar surface area (TPSA) is 20.2 Å². The van der Waals surface area contributed by atoms with Gasteiger partial charge in [0.05, 0.1) is 0 Å². The van der Waals surface area contributed by atoms with Crippen LogP contribution in [0.2, 0.25) is 0 Å². The van der Waals surface area contributed by atoms with Gasteiger partial charge in [-0.2, -0.15) is 0 Å². The van der Waals surface area contributed by atoms with Crippen LogP contribution in [0.4, 0.5) is 0 Å². The molecule has 0 atom stereocenters. The highest BCUT2D eigenvalue weighted by atomic mass is 16.3. The molecule has 1 rings (SSSR count). The first kappa shape index (κ1) is 13.0. The summed E-state index contributed by atoms with van der Waals surface area (Å²) >= 11 is 0. The highest BCUT2D eigenvalue weighted by Crippen LogP contribution is 2.17. The van der Waals surface area contributed by atoms with E-state index in [4.69, 9.17) is 5.11 Å². The average Bonchev–Trinajstić information content (AvgIpc) is 2.19. The van der Waals surface area contributed by atoms with E-state index in [0.717, 1.165) is 12.8 Å². The summed E-state index contributed by atoms with van der Waals surface area (Å²) < 4.78 is 0. The van der Waals surface area contributed by atoms with Gasteiger partial charge in [0.2, 0.25) is 0 Å². The van der Waals surface area contributed by atoms with E-state index >= 15 is 0 Å². The molecule has 0 spiro atoms. The van der Waals surface area contributed by atoms with Crippen LogP contribution in [0.1, 0.15) is 45.2 Å². The van der Waals surface area contributed by atoms with Gasteiger partial charge in [-0.1, -0.05) is 40.2 Å². The zero-order valence-corrected chi connectivity index (χ0v) is 9.80. The Morgan fingerprint density at radius 1 is 0.929 bits per heavy atom. The Bertz CT molecular complexity index is 253. The molecule has 0 saturated carbocycles. The average molecular weight is 194 g/mol. The second-order valence-corrected chi connectivity index (χ2v) is 3.37. The molecule has 0 heterocycles. The Morgan fingerprint density at radius 2 is 1.43 bits per heavy atom. The second-order valence-electron chi connectivity index (χ2n) is 3.37. The van der Waals surface area contributed by atoms with E-state index in [1.165, 1.54) is 17.5 Å². The maximum Gasteiger partial charge on any atom is 0.115 e. The molecule has 1 N–H and O–H groups in total. The normalized spacial score (nSPS) is 9.14. The van der Waals surface area contributed by atoms with E-state index in [-0.39, 0.29) is 0 Å². The molecule has 1 heteroatoms. The lowest BCUT2D eigenvalue weighted by molar-refractivity contribution is 0.474. The first-order chi connectivity index (χ1) is 6.69. The van der Waals surface area contributed by atoms with Crippen LogP contribution in [-0.2, 0) is 12.8 Å². The molecule has 0 radical (unpaired) electrons. The summed E-state index contributed by atoms with van der Waals surface area (Å²) in [6, 6.07) is 5.59. The minimum atomic E-state index is 0.374. The zero-order chi connectivity index (χ0) is 11.0.